The molecule has 1 saturated carbocycles. The maximum atomic E-state index is 12.5. The SMILES string of the molecule is CNC(=O)c1cnc(NC(=O)C2CC2)cc1Nc1cccc2c1N(C)[C@@H](C)c1cn(C)nc1-2. The smallest absolute Gasteiger partial charge is 0.254 e. The fourth-order valence-electron chi connectivity index (χ4n) is 4.30. The summed E-state index contributed by atoms with van der Waals surface area (Å²) in [7, 11) is 5.56. The second-order valence-corrected chi connectivity index (χ2v) is 8.68. The molecule has 1 aliphatic heterocycles. The maximum Gasteiger partial charge on any atom is 0.254 e. The predicted octanol–water partition coefficient (Wildman–Crippen LogP) is 3.44. The van der Waals surface area contributed by atoms with Gasteiger partial charge in [-0.25, -0.2) is 4.98 Å². The highest BCUT2D eigenvalue weighted by atomic mass is 16.2. The standard InChI is InChI=1S/C24H27N7O2/c1-13-17-12-30(3)29-21(17)15-6-5-7-18(22(15)31(13)4)27-19-10-20(28-23(32)14-8-9-14)26-11-16(19)24(33)25-2/h5-7,10-14H,8-9H2,1-4H3,(H,25,33)(H2,26,27,28,32)/t13-/m0/s1. The molecular weight excluding hydrogens is 418 g/mol. The number of nitrogens with zero attached hydrogens (tertiary/aromatic N) is 4. The van der Waals surface area contributed by atoms with E-state index >= 15 is 0 Å². The lowest BCUT2D eigenvalue weighted by molar-refractivity contribution is -0.117. The van der Waals surface area contributed by atoms with Gasteiger partial charge in [-0.1, -0.05) is 12.1 Å². The van der Waals surface area contributed by atoms with Crippen LogP contribution in [0.15, 0.2) is 36.7 Å². The number of carbonyl (C=O) groups is 2. The van der Waals surface area contributed by atoms with Crippen LogP contribution in [-0.4, -0.2) is 40.7 Å². The summed E-state index contributed by atoms with van der Waals surface area (Å²) in [5, 5.41) is 13.7. The van der Waals surface area contributed by atoms with Gasteiger partial charge in [0.2, 0.25) is 5.91 Å². The number of para-hydroxylation sites is 1. The first-order valence-electron chi connectivity index (χ1n) is 11.1. The number of nitrogens with one attached hydrogen (secondary N) is 3. The van der Waals surface area contributed by atoms with Crippen molar-refractivity contribution in [2.75, 3.05) is 29.6 Å². The second-order valence-electron chi connectivity index (χ2n) is 8.68. The first kappa shape index (κ1) is 21.0. The number of aromatic nitrogens is 3. The summed E-state index contributed by atoms with van der Waals surface area (Å²) in [4.78, 5) is 31.3. The summed E-state index contributed by atoms with van der Waals surface area (Å²) >= 11 is 0. The minimum atomic E-state index is -0.261. The van der Waals surface area contributed by atoms with Gasteiger partial charge in [0.1, 0.15) is 5.82 Å². The third-order valence-corrected chi connectivity index (χ3v) is 6.38. The van der Waals surface area contributed by atoms with Gasteiger partial charge in [0.05, 0.1) is 34.4 Å². The monoisotopic (exact) mass is 445 g/mol. The summed E-state index contributed by atoms with van der Waals surface area (Å²) in [5.41, 5.74) is 5.95. The molecule has 3 aromatic rings. The summed E-state index contributed by atoms with van der Waals surface area (Å²) in [5.74, 6) is 0.185. The van der Waals surface area contributed by atoms with Gasteiger partial charge >= 0.3 is 0 Å². The van der Waals surface area contributed by atoms with Gasteiger partial charge < -0.3 is 20.9 Å². The van der Waals surface area contributed by atoms with Crippen molar-refractivity contribution >= 4 is 34.7 Å². The highest BCUT2D eigenvalue weighted by molar-refractivity contribution is 6.02. The van der Waals surface area contributed by atoms with Crippen molar-refractivity contribution in [3.05, 3.63) is 47.8 Å². The van der Waals surface area contributed by atoms with Crippen molar-refractivity contribution < 1.29 is 9.59 Å². The van der Waals surface area contributed by atoms with Crippen molar-refractivity contribution in [3.8, 4) is 11.3 Å². The minimum absolute atomic E-state index is 0.0329. The molecule has 3 N–H and O–H groups in total. The zero-order chi connectivity index (χ0) is 23.3. The summed E-state index contributed by atoms with van der Waals surface area (Å²) in [6, 6.07) is 7.85. The molecule has 1 fully saturated rings. The van der Waals surface area contributed by atoms with Crippen molar-refractivity contribution in [2.24, 2.45) is 13.0 Å². The average molecular weight is 446 g/mol. The zero-order valence-electron chi connectivity index (χ0n) is 19.1. The lowest BCUT2D eigenvalue weighted by Crippen LogP contribution is -2.26. The van der Waals surface area contributed by atoms with Gasteiger partial charge in [-0.15, -0.1) is 0 Å². The third-order valence-electron chi connectivity index (χ3n) is 6.38. The fraction of sp³-hybridized carbons (Fsp3) is 0.333. The Labute approximate surface area is 192 Å². The minimum Gasteiger partial charge on any atom is -0.365 e. The molecule has 9 nitrogen and oxygen atoms in total. The molecular formula is C24H27N7O2. The normalized spacial score (nSPS) is 16.6. The molecule has 0 bridgehead atoms. The molecule has 2 amide bonds. The average Bonchev–Trinajstić information content (AvgIpc) is 3.58. The molecule has 0 unspecified atom stereocenters. The molecule has 5 rings (SSSR count). The van der Waals surface area contributed by atoms with E-state index in [-0.39, 0.29) is 23.8 Å². The topological polar surface area (TPSA) is 104 Å². The lowest BCUT2D eigenvalue weighted by atomic mass is 9.94. The largest absolute Gasteiger partial charge is 0.365 e. The van der Waals surface area contributed by atoms with E-state index in [1.165, 1.54) is 11.8 Å². The van der Waals surface area contributed by atoms with E-state index in [9.17, 15) is 9.59 Å². The third kappa shape index (κ3) is 3.69. The maximum absolute atomic E-state index is 12.5. The van der Waals surface area contributed by atoms with E-state index in [1.54, 1.807) is 13.1 Å². The molecule has 1 aromatic carbocycles. The van der Waals surface area contributed by atoms with Gasteiger partial charge in [0.25, 0.3) is 5.91 Å². The van der Waals surface area contributed by atoms with Gasteiger partial charge in [-0.3, -0.25) is 14.3 Å². The Bertz CT molecular complexity index is 1260. The summed E-state index contributed by atoms with van der Waals surface area (Å²) in [6.07, 6.45) is 5.36. The number of anilines is 4. The molecule has 9 heteroatoms. The van der Waals surface area contributed by atoms with E-state index in [0.29, 0.717) is 17.1 Å². The van der Waals surface area contributed by atoms with Crippen LogP contribution in [0.5, 0.6) is 0 Å². The van der Waals surface area contributed by atoms with Crippen molar-refractivity contribution in [1.82, 2.24) is 20.1 Å². The Hall–Kier alpha value is -3.88. The van der Waals surface area contributed by atoms with E-state index in [4.69, 9.17) is 5.10 Å². The molecule has 0 spiro atoms. The van der Waals surface area contributed by atoms with Crippen LogP contribution in [0.1, 0.15) is 41.7 Å². The Morgan fingerprint density at radius 2 is 1.94 bits per heavy atom. The molecule has 0 radical (unpaired) electrons. The first-order chi connectivity index (χ1) is 15.9. The summed E-state index contributed by atoms with van der Waals surface area (Å²) < 4.78 is 1.84. The predicted molar refractivity (Wildman–Crippen MR) is 128 cm³/mol. The molecule has 1 aliphatic carbocycles. The van der Waals surface area contributed by atoms with Gasteiger partial charge in [0, 0.05) is 56.6 Å². The van der Waals surface area contributed by atoms with Crippen LogP contribution in [0.25, 0.3) is 11.3 Å². The van der Waals surface area contributed by atoms with Crippen LogP contribution in [0.2, 0.25) is 0 Å². The highest BCUT2D eigenvalue weighted by Gasteiger charge is 2.31. The molecule has 0 saturated heterocycles. The number of carbonyl (C=O) groups excluding carboxylic acids is 2. The molecule has 33 heavy (non-hydrogen) atoms. The first-order valence-corrected chi connectivity index (χ1v) is 11.1. The van der Waals surface area contributed by atoms with E-state index < -0.39 is 0 Å². The van der Waals surface area contributed by atoms with Crippen LogP contribution in [-0.2, 0) is 11.8 Å². The van der Waals surface area contributed by atoms with Crippen molar-refractivity contribution in [1.29, 1.82) is 0 Å². The van der Waals surface area contributed by atoms with Gasteiger partial charge in [-0.2, -0.15) is 5.10 Å². The highest BCUT2D eigenvalue weighted by Crippen LogP contribution is 2.47. The van der Waals surface area contributed by atoms with Gasteiger partial charge in [-0.05, 0) is 25.8 Å². The van der Waals surface area contributed by atoms with Crippen LogP contribution in [0, 0.1) is 5.92 Å². The van der Waals surface area contributed by atoms with E-state index in [2.05, 4.69) is 52.1 Å². The number of hydrogen-bond acceptors (Lipinski definition) is 6. The summed E-state index contributed by atoms with van der Waals surface area (Å²) in [6.45, 7) is 2.15. The Morgan fingerprint density at radius 1 is 1.15 bits per heavy atom. The van der Waals surface area contributed by atoms with Crippen LogP contribution in [0.4, 0.5) is 22.9 Å². The quantitative estimate of drug-likeness (QED) is 0.556. The molecule has 2 aromatic heterocycles. The second kappa shape index (κ2) is 7.91. The van der Waals surface area contributed by atoms with Gasteiger partial charge in [0.15, 0.2) is 0 Å². The molecule has 2 aliphatic rings. The zero-order valence-corrected chi connectivity index (χ0v) is 19.1. The number of fused-ring (bicyclic) bond motifs is 3. The molecule has 170 valence electrons. The number of amides is 2. The van der Waals surface area contributed by atoms with Crippen LogP contribution >= 0.6 is 0 Å². The number of rotatable bonds is 5. The van der Waals surface area contributed by atoms with E-state index in [0.717, 1.165) is 35.5 Å². The fourth-order valence-corrected chi connectivity index (χ4v) is 4.30. The molecule has 3 heterocycles. The Balaban J connectivity index is 1.57. The van der Waals surface area contributed by atoms with Crippen molar-refractivity contribution in [3.63, 3.8) is 0 Å². The number of benzene rings is 1. The number of aryl methyl sites for hydroxylation is 1. The lowest BCUT2D eigenvalue weighted by Gasteiger charge is -2.35. The van der Waals surface area contributed by atoms with Crippen LogP contribution < -0.4 is 20.9 Å². The number of hydrogen-bond donors (Lipinski definition) is 3. The Kier molecular flexibility index (Phi) is 5.03. The van der Waals surface area contributed by atoms with Crippen LogP contribution in [0.3, 0.4) is 0 Å². The number of pyridine rings is 1. The Morgan fingerprint density at radius 3 is 2.67 bits per heavy atom. The van der Waals surface area contributed by atoms with E-state index in [1.807, 2.05) is 23.9 Å². The van der Waals surface area contributed by atoms with Crippen molar-refractivity contribution in [2.45, 2.75) is 25.8 Å². The molecule has 1 atom stereocenters.